The van der Waals surface area contributed by atoms with E-state index in [1.165, 1.54) is 12.1 Å². The highest BCUT2D eigenvalue weighted by molar-refractivity contribution is 7.92. The third-order valence-corrected chi connectivity index (χ3v) is 7.50. The standard InChI is InChI=1S/C28H23ClN2O4S/c29-22-13-16-27(35-23-11-5-2-6-12-23)25(19-22)30-36(33,34)24-14-15-26-21(18-24)10-7-17-31(26)28(32)20-8-3-1-4-9-20/h1-6,8-9,11-16,18-19,30H,7,10,17H2. The van der Waals surface area contributed by atoms with E-state index in [4.69, 9.17) is 16.3 Å². The van der Waals surface area contributed by atoms with Crippen molar-refractivity contribution in [2.45, 2.75) is 17.7 Å². The number of carbonyl (C=O) groups is 1. The number of nitrogens with zero attached hydrogens (tertiary/aromatic N) is 1. The molecule has 1 heterocycles. The van der Waals surface area contributed by atoms with Crippen molar-refractivity contribution in [1.82, 2.24) is 0 Å². The van der Waals surface area contributed by atoms with Crippen LogP contribution in [0.15, 0.2) is 102 Å². The predicted molar refractivity (Wildman–Crippen MR) is 142 cm³/mol. The van der Waals surface area contributed by atoms with Crippen LogP contribution in [0.2, 0.25) is 5.02 Å². The summed E-state index contributed by atoms with van der Waals surface area (Å²) >= 11 is 6.16. The summed E-state index contributed by atoms with van der Waals surface area (Å²) < 4.78 is 35.2. The number of para-hydroxylation sites is 1. The fourth-order valence-electron chi connectivity index (χ4n) is 4.18. The molecule has 6 nitrogen and oxygen atoms in total. The van der Waals surface area contributed by atoms with Crippen molar-refractivity contribution in [3.63, 3.8) is 0 Å². The van der Waals surface area contributed by atoms with Gasteiger partial charge in [-0.25, -0.2) is 8.42 Å². The average molecular weight is 519 g/mol. The van der Waals surface area contributed by atoms with Crippen LogP contribution in [-0.4, -0.2) is 20.9 Å². The van der Waals surface area contributed by atoms with E-state index in [1.807, 2.05) is 36.4 Å². The minimum Gasteiger partial charge on any atom is -0.455 e. The number of ether oxygens (including phenoxy) is 1. The largest absolute Gasteiger partial charge is 0.455 e. The molecule has 1 amide bonds. The Morgan fingerprint density at radius 2 is 1.61 bits per heavy atom. The maximum Gasteiger partial charge on any atom is 0.262 e. The normalized spacial score (nSPS) is 13.1. The summed E-state index contributed by atoms with van der Waals surface area (Å²) in [4.78, 5) is 14.9. The van der Waals surface area contributed by atoms with Gasteiger partial charge in [0, 0.05) is 22.8 Å². The van der Waals surface area contributed by atoms with Crippen LogP contribution in [0.5, 0.6) is 11.5 Å². The first-order valence-corrected chi connectivity index (χ1v) is 13.3. The molecule has 1 N–H and O–H groups in total. The van der Waals surface area contributed by atoms with Crippen molar-refractivity contribution in [3.05, 3.63) is 113 Å². The molecule has 182 valence electrons. The number of rotatable bonds is 6. The Morgan fingerprint density at radius 1 is 0.889 bits per heavy atom. The van der Waals surface area contributed by atoms with Gasteiger partial charge in [-0.2, -0.15) is 0 Å². The fourth-order valence-corrected chi connectivity index (χ4v) is 5.46. The molecule has 4 aromatic rings. The molecule has 0 atom stereocenters. The summed E-state index contributed by atoms with van der Waals surface area (Å²) in [6, 6.07) is 27.7. The van der Waals surface area contributed by atoms with E-state index in [0.717, 1.165) is 17.7 Å². The van der Waals surface area contributed by atoms with E-state index in [0.29, 0.717) is 35.1 Å². The minimum atomic E-state index is -3.96. The van der Waals surface area contributed by atoms with Crippen LogP contribution in [0, 0.1) is 0 Å². The maximum absolute atomic E-state index is 13.3. The number of nitrogens with one attached hydrogen (secondary N) is 1. The van der Waals surface area contributed by atoms with E-state index in [1.54, 1.807) is 53.4 Å². The van der Waals surface area contributed by atoms with Gasteiger partial charge in [0.05, 0.1) is 10.6 Å². The van der Waals surface area contributed by atoms with Gasteiger partial charge in [-0.05, 0) is 79.1 Å². The second-order valence-corrected chi connectivity index (χ2v) is 10.5. The highest BCUT2D eigenvalue weighted by Crippen LogP contribution is 2.35. The number of hydrogen-bond donors (Lipinski definition) is 1. The SMILES string of the molecule is O=C(c1ccccc1)N1CCCc2cc(S(=O)(=O)Nc3cc(Cl)ccc3Oc3ccccc3)ccc21. The molecule has 8 heteroatoms. The highest BCUT2D eigenvalue weighted by atomic mass is 35.5. The van der Waals surface area contributed by atoms with Gasteiger partial charge in [-0.3, -0.25) is 9.52 Å². The van der Waals surface area contributed by atoms with Gasteiger partial charge >= 0.3 is 0 Å². The fraction of sp³-hybridized carbons (Fsp3) is 0.107. The summed E-state index contributed by atoms with van der Waals surface area (Å²) in [5.74, 6) is 0.788. The van der Waals surface area contributed by atoms with Crippen LogP contribution in [-0.2, 0) is 16.4 Å². The van der Waals surface area contributed by atoms with Gasteiger partial charge in [0.2, 0.25) is 0 Å². The van der Waals surface area contributed by atoms with Crippen molar-refractivity contribution in [1.29, 1.82) is 0 Å². The van der Waals surface area contributed by atoms with Crippen molar-refractivity contribution in [2.24, 2.45) is 0 Å². The van der Waals surface area contributed by atoms with Crippen LogP contribution in [0.4, 0.5) is 11.4 Å². The summed E-state index contributed by atoms with van der Waals surface area (Å²) in [6.45, 7) is 0.577. The summed E-state index contributed by atoms with van der Waals surface area (Å²) in [6.07, 6.45) is 1.42. The number of aryl methyl sites for hydroxylation is 1. The van der Waals surface area contributed by atoms with Crippen LogP contribution in [0.1, 0.15) is 22.3 Å². The van der Waals surface area contributed by atoms with Crippen LogP contribution in [0.25, 0.3) is 0 Å². The van der Waals surface area contributed by atoms with E-state index < -0.39 is 10.0 Å². The molecule has 0 bridgehead atoms. The van der Waals surface area contributed by atoms with Gasteiger partial charge in [0.25, 0.3) is 15.9 Å². The molecule has 0 saturated carbocycles. The molecule has 1 aliphatic rings. The molecule has 36 heavy (non-hydrogen) atoms. The molecule has 0 radical (unpaired) electrons. The highest BCUT2D eigenvalue weighted by Gasteiger charge is 2.26. The Morgan fingerprint density at radius 3 is 2.36 bits per heavy atom. The lowest BCUT2D eigenvalue weighted by molar-refractivity contribution is 0.0985. The molecule has 0 aromatic heterocycles. The van der Waals surface area contributed by atoms with E-state index in [-0.39, 0.29) is 16.5 Å². The smallest absolute Gasteiger partial charge is 0.262 e. The zero-order chi connectivity index (χ0) is 25.1. The number of halogens is 1. The lowest BCUT2D eigenvalue weighted by atomic mass is 10.0. The topological polar surface area (TPSA) is 75.7 Å². The quantitative estimate of drug-likeness (QED) is 0.315. The molecule has 5 rings (SSSR count). The van der Waals surface area contributed by atoms with Gasteiger partial charge in [-0.1, -0.05) is 48.0 Å². The Bertz CT molecular complexity index is 1510. The van der Waals surface area contributed by atoms with Crippen LogP contribution < -0.4 is 14.4 Å². The monoisotopic (exact) mass is 518 g/mol. The van der Waals surface area contributed by atoms with Crippen molar-refractivity contribution < 1.29 is 17.9 Å². The average Bonchev–Trinajstić information content (AvgIpc) is 2.90. The summed E-state index contributed by atoms with van der Waals surface area (Å²) in [7, 11) is -3.96. The Balaban J connectivity index is 1.43. The minimum absolute atomic E-state index is 0.0981. The van der Waals surface area contributed by atoms with Crippen molar-refractivity contribution in [2.75, 3.05) is 16.2 Å². The molecule has 0 aliphatic carbocycles. The van der Waals surface area contributed by atoms with E-state index >= 15 is 0 Å². The third-order valence-electron chi connectivity index (χ3n) is 5.90. The number of carbonyl (C=O) groups excluding carboxylic acids is 1. The number of sulfonamides is 1. The van der Waals surface area contributed by atoms with Gasteiger partial charge in [-0.15, -0.1) is 0 Å². The lowest BCUT2D eigenvalue weighted by Gasteiger charge is -2.30. The second kappa shape index (κ2) is 10.0. The molecular weight excluding hydrogens is 496 g/mol. The Kier molecular flexibility index (Phi) is 6.67. The molecule has 0 fully saturated rings. The van der Waals surface area contributed by atoms with Gasteiger partial charge < -0.3 is 9.64 Å². The second-order valence-electron chi connectivity index (χ2n) is 8.38. The Hall–Kier alpha value is -3.81. The van der Waals surface area contributed by atoms with Crippen molar-refractivity contribution >= 4 is 38.9 Å². The summed E-state index contributed by atoms with van der Waals surface area (Å²) in [5.41, 5.74) is 2.35. The first kappa shape index (κ1) is 23.9. The zero-order valence-electron chi connectivity index (χ0n) is 19.2. The number of amides is 1. The molecule has 0 spiro atoms. The first-order chi connectivity index (χ1) is 17.4. The maximum atomic E-state index is 13.3. The van der Waals surface area contributed by atoms with Crippen molar-refractivity contribution in [3.8, 4) is 11.5 Å². The van der Waals surface area contributed by atoms with Crippen LogP contribution >= 0.6 is 11.6 Å². The third kappa shape index (κ3) is 5.08. The lowest BCUT2D eigenvalue weighted by Crippen LogP contribution is -2.35. The predicted octanol–water partition coefficient (Wildman–Crippen LogP) is 6.53. The van der Waals surface area contributed by atoms with E-state index in [2.05, 4.69) is 4.72 Å². The molecule has 4 aromatic carbocycles. The Labute approximate surface area is 215 Å². The molecule has 1 aliphatic heterocycles. The van der Waals surface area contributed by atoms with Gasteiger partial charge in [0.1, 0.15) is 5.75 Å². The number of fused-ring (bicyclic) bond motifs is 1. The molecule has 0 saturated heterocycles. The number of hydrogen-bond acceptors (Lipinski definition) is 4. The number of benzene rings is 4. The summed E-state index contributed by atoms with van der Waals surface area (Å²) in [5, 5.41) is 0.369. The van der Waals surface area contributed by atoms with Crippen LogP contribution in [0.3, 0.4) is 0 Å². The molecule has 0 unspecified atom stereocenters. The number of anilines is 2. The zero-order valence-corrected chi connectivity index (χ0v) is 20.8. The van der Waals surface area contributed by atoms with Gasteiger partial charge in [0.15, 0.2) is 5.75 Å². The first-order valence-electron chi connectivity index (χ1n) is 11.5. The van der Waals surface area contributed by atoms with E-state index in [9.17, 15) is 13.2 Å². The molecular formula is C28H23ClN2O4S.